The van der Waals surface area contributed by atoms with Crippen molar-refractivity contribution in [2.75, 3.05) is 26.2 Å². The lowest BCUT2D eigenvalue weighted by Gasteiger charge is -2.25. The molecule has 3 heteroatoms. The predicted octanol–water partition coefficient (Wildman–Crippen LogP) is 1.56. The maximum Gasteiger partial charge on any atom is 0.0472 e. The second-order valence-electron chi connectivity index (χ2n) is 5.59. The van der Waals surface area contributed by atoms with Gasteiger partial charge in [0.05, 0.1) is 0 Å². The third-order valence-electron chi connectivity index (χ3n) is 3.52. The molecule has 1 aliphatic rings. The van der Waals surface area contributed by atoms with Gasteiger partial charge >= 0.3 is 0 Å². The van der Waals surface area contributed by atoms with Crippen LogP contribution in [-0.4, -0.2) is 31.2 Å². The van der Waals surface area contributed by atoms with Gasteiger partial charge in [0.25, 0.3) is 0 Å². The molecule has 17 heavy (non-hydrogen) atoms. The Morgan fingerprint density at radius 1 is 1.47 bits per heavy atom. The Hall–Kier alpha value is -0.930. The van der Waals surface area contributed by atoms with E-state index in [1.54, 1.807) is 0 Å². The molecule has 0 spiro atoms. The molecule has 1 saturated heterocycles. The van der Waals surface area contributed by atoms with Crippen LogP contribution in [0.4, 0.5) is 0 Å². The van der Waals surface area contributed by atoms with Crippen molar-refractivity contribution < 1.29 is 0 Å². The van der Waals surface area contributed by atoms with Crippen molar-refractivity contribution in [1.82, 2.24) is 15.6 Å². The van der Waals surface area contributed by atoms with Crippen LogP contribution in [0.5, 0.6) is 0 Å². The van der Waals surface area contributed by atoms with Crippen LogP contribution >= 0.6 is 0 Å². The predicted molar refractivity (Wildman–Crippen MR) is 71.1 cm³/mol. The Balaban J connectivity index is 1.80. The van der Waals surface area contributed by atoms with E-state index in [4.69, 9.17) is 0 Å². The monoisotopic (exact) mass is 233 g/mol. The average molecular weight is 233 g/mol. The second-order valence-corrected chi connectivity index (χ2v) is 5.59. The highest BCUT2D eigenvalue weighted by Gasteiger charge is 2.22. The van der Waals surface area contributed by atoms with Gasteiger partial charge in [-0.05, 0) is 44.1 Å². The largest absolute Gasteiger partial charge is 0.316 e. The summed E-state index contributed by atoms with van der Waals surface area (Å²) in [6, 6.07) is 6.14. The quantitative estimate of drug-likeness (QED) is 0.810. The summed E-state index contributed by atoms with van der Waals surface area (Å²) < 4.78 is 0. The zero-order valence-corrected chi connectivity index (χ0v) is 10.9. The van der Waals surface area contributed by atoms with E-state index in [9.17, 15) is 0 Å². The fraction of sp³-hybridized carbons (Fsp3) is 0.643. The fourth-order valence-corrected chi connectivity index (χ4v) is 2.33. The standard InChI is InChI=1S/C14H23N3/c1-14(2,13-5-3-4-7-17-13)11-16-10-12-6-8-15-9-12/h3-5,7,12,15-16H,6,8-11H2,1-2H3. The van der Waals surface area contributed by atoms with E-state index in [-0.39, 0.29) is 5.41 Å². The van der Waals surface area contributed by atoms with Crippen molar-refractivity contribution in [3.8, 4) is 0 Å². The molecule has 0 radical (unpaired) electrons. The molecule has 1 aliphatic heterocycles. The third-order valence-corrected chi connectivity index (χ3v) is 3.52. The highest BCUT2D eigenvalue weighted by molar-refractivity contribution is 5.14. The molecule has 1 atom stereocenters. The minimum atomic E-state index is 0.104. The van der Waals surface area contributed by atoms with Gasteiger partial charge in [-0.1, -0.05) is 19.9 Å². The Kier molecular flexibility index (Phi) is 4.13. The summed E-state index contributed by atoms with van der Waals surface area (Å²) in [5, 5.41) is 6.99. The zero-order valence-electron chi connectivity index (χ0n) is 10.9. The number of hydrogen-bond donors (Lipinski definition) is 2. The molecule has 2 rings (SSSR count). The van der Waals surface area contributed by atoms with Crippen LogP contribution in [0.25, 0.3) is 0 Å². The van der Waals surface area contributed by atoms with E-state index in [1.165, 1.54) is 13.0 Å². The summed E-state index contributed by atoms with van der Waals surface area (Å²) >= 11 is 0. The molecule has 94 valence electrons. The molecule has 0 bridgehead atoms. The lowest BCUT2D eigenvalue weighted by molar-refractivity contribution is 0.424. The first-order chi connectivity index (χ1) is 8.18. The van der Waals surface area contributed by atoms with Crippen molar-refractivity contribution in [1.29, 1.82) is 0 Å². The molecule has 0 amide bonds. The Morgan fingerprint density at radius 3 is 3.00 bits per heavy atom. The van der Waals surface area contributed by atoms with E-state index < -0.39 is 0 Å². The maximum absolute atomic E-state index is 4.45. The van der Waals surface area contributed by atoms with Crippen molar-refractivity contribution in [2.24, 2.45) is 5.92 Å². The van der Waals surface area contributed by atoms with Crippen molar-refractivity contribution in [3.05, 3.63) is 30.1 Å². The molecular formula is C14H23N3. The van der Waals surface area contributed by atoms with Crippen LogP contribution in [0.1, 0.15) is 26.0 Å². The molecule has 0 saturated carbocycles. The van der Waals surface area contributed by atoms with Crippen LogP contribution in [0.2, 0.25) is 0 Å². The molecule has 2 N–H and O–H groups in total. The van der Waals surface area contributed by atoms with E-state index in [2.05, 4.69) is 41.6 Å². The number of nitrogens with one attached hydrogen (secondary N) is 2. The summed E-state index contributed by atoms with van der Waals surface area (Å²) in [6.07, 6.45) is 3.18. The van der Waals surface area contributed by atoms with E-state index in [1.807, 2.05) is 12.3 Å². The summed E-state index contributed by atoms with van der Waals surface area (Å²) in [5.41, 5.74) is 1.27. The van der Waals surface area contributed by atoms with Gasteiger partial charge in [0.2, 0.25) is 0 Å². The summed E-state index contributed by atoms with van der Waals surface area (Å²) in [7, 11) is 0. The molecule has 1 fully saturated rings. The van der Waals surface area contributed by atoms with Gasteiger partial charge in [0.1, 0.15) is 0 Å². The first-order valence-electron chi connectivity index (χ1n) is 6.51. The fourth-order valence-electron chi connectivity index (χ4n) is 2.33. The van der Waals surface area contributed by atoms with Crippen LogP contribution in [0.3, 0.4) is 0 Å². The number of pyridine rings is 1. The van der Waals surface area contributed by atoms with Gasteiger partial charge < -0.3 is 10.6 Å². The molecule has 1 aromatic heterocycles. The topological polar surface area (TPSA) is 37.0 Å². The highest BCUT2D eigenvalue weighted by atomic mass is 14.9. The van der Waals surface area contributed by atoms with Gasteiger partial charge in [-0.15, -0.1) is 0 Å². The average Bonchev–Trinajstić information content (AvgIpc) is 2.83. The number of rotatable bonds is 5. The van der Waals surface area contributed by atoms with Gasteiger partial charge in [-0.3, -0.25) is 4.98 Å². The first kappa shape index (κ1) is 12.5. The molecule has 0 aliphatic carbocycles. The third kappa shape index (κ3) is 3.51. The van der Waals surface area contributed by atoms with Gasteiger partial charge in [-0.2, -0.15) is 0 Å². The lowest BCUT2D eigenvalue weighted by atomic mass is 9.88. The Bertz CT molecular complexity index is 329. The van der Waals surface area contributed by atoms with Gasteiger partial charge in [-0.25, -0.2) is 0 Å². The van der Waals surface area contributed by atoms with Crippen LogP contribution < -0.4 is 10.6 Å². The normalized spacial score (nSPS) is 20.7. The number of aromatic nitrogens is 1. The Labute approximate surface area is 104 Å². The minimum Gasteiger partial charge on any atom is -0.316 e. The smallest absolute Gasteiger partial charge is 0.0472 e. The zero-order chi connectivity index (χ0) is 12.1. The molecule has 0 aromatic carbocycles. The van der Waals surface area contributed by atoms with Crippen molar-refractivity contribution in [2.45, 2.75) is 25.7 Å². The molecule has 3 nitrogen and oxygen atoms in total. The first-order valence-corrected chi connectivity index (χ1v) is 6.51. The Morgan fingerprint density at radius 2 is 2.35 bits per heavy atom. The van der Waals surface area contributed by atoms with Gasteiger partial charge in [0, 0.05) is 23.9 Å². The van der Waals surface area contributed by atoms with E-state index >= 15 is 0 Å². The molecule has 2 heterocycles. The summed E-state index contributed by atoms with van der Waals surface area (Å²) in [4.78, 5) is 4.45. The van der Waals surface area contributed by atoms with E-state index in [0.29, 0.717) is 0 Å². The summed E-state index contributed by atoms with van der Waals surface area (Å²) in [5.74, 6) is 0.800. The number of nitrogens with zero attached hydrogens (tertiary/aromatic N) is 1. The van der Waals surface area contributed by atoms with Crippen LogP contribution in [-0.2, 0) is 5.41 Å². The molecule has 1 unspecified atom stereocenters. The minimum absolute atomic E-state index is 0.104. The number of hydrogen-bond acceptors (Lipinski definition) is 3. The maximum atomic E-state index is 4.45. The van der Waals surface area contributed by atoms with E-state index in [0.717, 1.165) is 31.2 Å². The van der Waals surface area contributed by atoms with Crippen molar-refractivity contribution in [3.63, 3.8) is 0 Å². The lowest BCUT2D eigenvalue weighted by Crippen LogP contribution is -2.36. The van der Waals surface area contributed by atoms with Crippen LogP contribution in [0, 0.1) is 5.92 Å². The van der Waals surface area contributed by atoms with Crippen molar-refractivity contribution >= 4 is 0 Å². The van der Waals surface area contributed by atoms with Gasteiger partial charge in [0.15, 0.2) is 0 Å². The summed E-state index contributed by atoms with van der Waals surface area (Å²) in [6.45, 7) is 8.93. The molecular weight excluding hydrogens is 210 g/mol. The highest BCUT2D eigenvalue weighted by Crippen LogP contribution is 2.19. The second kappa shape index (κ2) is 5.61. The SMILES string of the molecule is CC(C)(CNCC1CCNC1)c1ccccn1. The van der Waals surface area contributed by atoms with Crippen LogP contribution in [0.15, 0.2) is 24.4 Å². The molecule has 1 aromatic rings.